The van der Waals surface area contributed by atoms with Crippen molar-refractivity contribution >= 4 is 35.6 Å². The molecule has 0 unspecified atom stereocenters. The van der Waals surface area contributed by atoms with Crippen LogP contribution in [-0.4, -0.2) is 32.5 Å². The molecule has 6 heteroatoms. The average Bonchev–Trinajstić information content (AvgIpc) is 3.19. The van der Waals surface area contributed by atoms with Gasteiger partial charge in [-0.1, -0.05) is 36.4 Å². The van der Waals surface area contributed by atoms with Crippen LogP contribution in [0.2, 0.25) is 0 Å². The van der Waals surface area contributed by atoms with Gasteiger partial charge in [0.25, 0.3) is 0 Å². The molecule has 6 nitrogen and oxygen atoms in total. The van der Waals surface area contributed by atoms with Gasteiger partial charge in [0.15, 0.2) is 11.6 Å². The lowest BCUT2D eigenvalue weighted by atomic mass is 10.2. The van der Waals surface area contributed by atoms with Gasteiger partial charge in [-0.15, -0.1) is 0 Å². The van der Waals surface area contributed by atoms with Crippen LogP contribution in [0, 0.1) is 0 Å². The normalized spacial score (nSPS) is 11.6. The van der Waals surface area contributed by atoms with Crippen molar-refractivity contribution < 1.29 is 0 Å². The lowest BCUT2D eigenvalue weighted by molar-refractivity contribution is 0.972. The van der Waals surface area contributed by atoms with E-state index in [4.69, 9.17) is 0 Å². The number of allylic oxidation sites excluding steroid dienone is 1. The zero-order chi connectivity index (χ0) is 20.1. The fourth-order valence-corrected chi connectivity index (χ4v) is 3.03. The number of hydrogen-bond acceptors (Lipinski definition) is 5. The third-order valence-electron chi connectivity index (χ3n) is 4.39. The summed E-state index contributed by atoms with van der Waals surface area (Å²) < 4.78 is 1.97. The minimum absolute atomic E-state index is 0.429. The fourth-order valence-electron chi connectivity index (χ4n) is 3.03. The number of pyridine rings is 1. The summed E-state index contributed by atoms with van der Waals surface area (Å²) in [5, 5.41) is 2.32. The molecule has 0 bridgehead atoms. The monoisotopic (exact) mass is 380 g/mol. The number of rotatable bonds is 6. The zero-order valence-corrected chi connectivity index (χ0v) is 16.1. The Hall–Kier alpha value is -3.93. The lowest BCUT2D eigenvalue weighted by Crippen LogP contribution is -1.99. The molecule has 0 saturated heterocycles. The van der Waals surface area contributed by atoms with Gasteiger partial charge in [0.2, 0.25) is 0 Å². The molecule has 0 N–H and O–H groups in total. The molecule has 0 amide bonds. The third kappa shape index (κ3) is 4.16. The Morgan fingerprint density at radius 2 is 1.83 bits per heavy atom. The summed E-state index contributed by atoms with van der Waals surface area (Å²) in [5.41, 5.74) is 2.44. The van der Waals surface area contributed by atoms with Crippen LogP contribution < -0.4 is 0 Å². The van der Waals surface area contributed by atoms with Gasteiger partial charge in [0.1, 0.15) is 5.69 Å². The van der Waals surface area contributed by atoms with E-state index in [1.807, 2.05) is 60.3 Å². The molecule has 0 atom stereocenters. The molecule has 1 aromatic carbocycles. The molecule has 0 aliphatic carbocycles. The van der Waals surface area contributed by atoms with E-state index in [9.17, 15) is 0 Å². The molecule has 4 rings (SSSR count). The molecule has 3 aromatic heterocycles. The molecular formula is C23H20N6. The number of benzene rings is 1. The first kappa shape index (κ1) is 18.4. The second-order valence-electron chi connectivity index (χ2n) is 6.44. The van der Waals surface area contributed by atoms with Gasteiger partial charge in [-0.2, -0.15) is 0 Å². The lowest BCUT2D eigenvalue weighted by Gasteiger charge is -2.03. The van der Waals surface area contributed by atoms with E-state index < -0.39 is 0 Å². The van der Waals surface area contributed by atoms with Crippen molar-refractivity contribution in [2.75, 3.05) is 0 Å². The second-order valence-corrected chi connectivity index (χ2v) is 6.44. The van der Waals surface area contributed by atoms with E-state index in [1.165, 1.54) is 0 Å². The first-order valence-electron chi connectivity index (χ1n) is 9.25. The summed E-state index contributed by atoms with van der Waals surface area (Å²) in [6.07, 6.45) is 13.1. The molecule has 3 heterocycles. The van der Waals surface area contributed by atoms with E-state index in [0.29, 0.717) is 18.1 Å². The summed E-state index contributed by atoms with van der Waals surface area (Å²) in [7, 11) is 0. The van der Waals surface area contributed by atoms with Crippen molar-refractivity contribution in [2.24, 2.45) is 9.98 Å². The number of hydrogen-bond donors (Lipinski definition) is 0. The Labute approximate surface area is 169 Å². The van der Waals surface area contributed by atoms with Gasteiger partial charge in [-0.05, 0) is 36.5 Å². The Morgan fingerprint density at radius 1 is 1.03 bits per heavy atom. The minimum atomic E-state index is 0.429. The van der Waals surface area contributed by atoms with Crippen LogP contribution in [-0.2, 0) is 6.54 Å². The van der Waals surface area contributed by atoms with E-state index in [1.54, 1.807) is 18.6 Å². The molecule has 0 spiro atoms. The number of fused-ring (bicyclic) bond motifs is 1. The van der Waals surface area contributed by atoms with E-state index in [2.05, 4.69) is 43.8 Å². The Balaban J connectivity index is 1.52. The SMILES string of the molecule is C=Nc1nc(C/N=C\c2cncc(-n3cc4ccccc4c3)n2)ccc1/C=C\C. The highest BCUT2D eigenvalue weighted by molar-refractivity contribution is 5.83. The predicted octanol–water partition coefficient (Wildman–Crippen LogP) is 4.80. The van der Waals surface area contributed by atoms with Crippen molar-refractivity contribution in [3.63, 3.8) is 0 Å². The standard InChI is InChI=1S/C23H20N6/c1-3-6-17-9-10-20(28-23(17)24-2)11-25-12-21-13-26-14-22(27-21)29-15-18-7-4-5-8-19(18)16-29/h3-10,12-16H,2,11H2,1H3/b6-3-,25-12-. The van der Waals surface area contributed by atoms with E-state index in [0.717, 1.165) is 27.8 Å². The van der Waals surface area contributed by atoms with Gasteiger partial charge < -0.3 is 4.57 Å². The average molecular weight is 380 g/mol. The van der Waals surface area contributed by atoms with Gasteiger partial charge in [-0.25, -0.2) is 15.0 Å². The van der Waals surface area contributed by atoms with E-state index >= 15 is 0 Å². The zero-order valence-electron chi connectivity index (χ0n) is 16.1. The minimum Gasteiger partial charge on any atom is -0.306 e. The summed E-state index contributed by atoms with van der Waals surface area (Å²) in [6, 6.07) is 12.1. The number of aliphatic imine (C=N–C) groups is 2. The number of nitrogens with zero attached hydrogens (tertiary/aromatic N) is 6. The van der Waals surface area contributed by atoms with Crippen molar-refractivity contribution in [1.82, 2.24) is 19.5 Å². The summed E-state index contributed by atoms with van der Waals surface area (Å²) >= 11 is 0. The third-order valence-corrected chi connectivity index (χ3v) is 4.39. The van der Waals surface area contributed by atoms with Gasteiger partial charge >= 0.3 is 0 Å². The largest absolute Gasteiger partial charge is 0.306 e. The highest BCUT2D eigenvalue weighted by Gasteiger charge is 2.04. The van der Waals surface area contributed by atoms with Crippen molar-refractivity contribution in [1.29, 1.82) is 0 Å². The molecule has 0 saturated carbocycles. The van der Waals surface area contributed by atoms with Crippen molar-refractivity contribution in [2.45, 2.75) is 13.5 Å². The predicted molar refractivity (Wildman–Crippen MR) is 118 cm³/mol. The van der Waals surface area contributed by atoms with Gasteiger partial charge in [-0.3, -0.25) is 9.98 Å². The van der Waals surface area contributed by atoms with Gasteiger partial charge in [0.05, 0.1) is 24.6 Å². The van der Waals surface area contributed by atoms with Gasteiger partial charge in [0, 0.05) is 24.2 Å². The molecule has 0 fully saturated rings. The second kappa shape index (κ2) is 8.39. The molecule has 142 valence electrons. The molecule has 0 radical (unpaired) electrons. The van der Waals surface area contributed by atoms with Crippen molar-refractivity contribution in [3.05, 3.63) is 84.2 Å². The highest BCUT2D eigenvalue weighted by atomic mass is 15.1. The maximum atomic E-state index is 4.63. The summed E-state index contributed by atoms with van der Waals surface area (Å²) in [4.78, 5) is 21.9. The first-order chi connectivity index (χ1) is 14.3. The topological polar surface area (TPSA) is 68.3 Å². The summed E-state index contributed by atoms with van der Waals surface area (Å²) in [6.45, 7) is 5.98. The van der Waals surface area contributed by atoms with Crippen molar-refractivity contribution in [3.8, 4) is 5.82 Å². The van der Waals surface area contributed by atoms with Crippen LogP contribution in [0.4, 0.5) is 5.82 Å². The van der Waals surface area contributed by atoms with Crippen LogP contribution in [0.15, 0.2) is 77.2 Å². The van der Waals surface area contributed by atoms with E-state index in [-0.39, 0.29) is 0 Å². The number of aromatic nitrogens is 4. The van der Waals surface area contributed by atoms with Crippen LogP contribution in [0.5, 0.6) is 0 Å². The van der Waals surface area contributed by atoms with Crippen LogP contribution in [0.3, 0.4) is 0 Å². The maximum absolute atomic E-state index is 4.63. The Morgan fingerprint density at radius 3 is 2.55 bits per heavy atom. The molecular weight excluding hydrogens is 360 g/mol. The Bertz CT molecular complexity index is 1190. The maximum Gasteiger partial charge on any atom is 0.158 e. The summed E-state index contributed by atoms with van der Waals surface area (Å²) in [5.74, 6) is 1.36. The molecule has 29 heavy (non-hydrogen) atoms. The van der Waals surface area contributed by atoms with Crippen LogP contribution in [0.25, 0.3) is 22.7 Å². The quantitative estimate of drug-likeness (QED) is 0.451. The fraction of sp³-hybridized carbons (Fsp3) is 0.0870. The highest BCUT2D eigenvalue weighted by Crippen LogP contribution is 2.19. The molecule has 4 aromatic rings. The van der Waals surface area contributed by atoms with Crippen LogP contribution in [0.1, 0.15) is 23.9 Å². The first-order valence-corrected chi connectivity index (χ1v) is 9.25. The molecule has 0 aliphatic rings. The van der Waals surface area contributed by atoms with Crippen LogP contribution >= 0.6 is 0 Å². The smallest absolute Gasteiger partial charge is 0.158 e. The molecule has 0 aliphatic heterocycles. The Kier molecular flexibility index (Phi) is 5.33.